The molecule has 0 radical (unpaired) electrons. The van der Waals surface area contributed by atoms with Crippen LogP contribution in [0.4, 0.5) is 0 Å². The van der Waals surface area contributed by atoms with Gasteiger partial charge in [-0.1, -0.05) is 0 Å². The van der Waals surface area contributed by atoms with Gasteiger partial charge in [-0.05, 0) is 0 Å². The van der Waals surface area contributed by atoms with Gasteiger partial charge in [0.05, 0.1) is 0 Å². The van der Waals surface area contributed by atoms with Crippen LogP contribution in [0.3, 0.4) is 0 Å². The van der Waals surface area contributed by atoms with E-state index in [9.17, 15) is 0 Å². The van der Waals surface area contributed by atoms with Gasteiger partial charge < -0.3 is 0 Å². The van der Waals surface area contributed by atoms with Crippen molar-refractivity contribution in [3.63, 3.8) is 0 Å². The fourth-order valence-electron chi connectivity index (χ4n) is 0. The maximum absolute atomic E-state index is 3.31. The summed E-state index contributed by atoms with van der Waals surface area (Å²) in [7, 11) is 9.94. The van der Waals surface area contributed by atoms with Gasteiger partial charge in [0.1, 0.15) is 0 Å². The molecule has 0 rings (SSSR count). The van der Waals surface area contributed by atoms with Gasteiger partial charge in [-0.2, -0.15) is 0 Å². The Balaban J connectivity index is 2.32. The van der Waals surface area contributed by atoms with E-state index < -0.39 is 19.4 Å². The number of halogens is 3. The second kappa shape index (κ2) is 3.72. The Morgan fingerprint density at radius 2 is 1.00 bits per heavy atom. The quantitative estimate of drug-likeness (QED) is 0.641. The third-order valence-electron chi connectivity index (χ3n) is 0. The summed E-state index contributed by atoms with van der Waals surface area (Å²) in [6, 6.07) is 0. The van der Waals surface area contributed by atoms with E-state index in [2.05, 4.69) is 32.4 Å². The first-order chi connectivity index (χ1) is 1.73. The molecule has 0 saturated heterocycles. The zero-order chi connectivity index (χ0) is 3.58. The van der Waals surface area contributed by atoms with Gasteiger partial charge in [0.15, 0.2) is 0 Å². The van der Waals surface area contributed by atoms with E-state index in [0.717, 1.165) is 0 Å². The first kappa shape index (κ1) is 6.54. The van der Waals surface area contributed by atoms with E-state index in [1.165, 1.54) is 0 Å². The Labute approximate surface area is 50.4 Å². The molecular formula is Br3Y. The number of hydrogen-bond acceptors (Lipinski definition) is 0. The van der Waals surface area contributed by atoms with Crippen molar-refractivity contribution in [2.24, 2.45) is 0 Å². The predicted octanol–water partition coefficient (Wildman–Crippen LogP) is 2.53. The molecule has 4 heavy (non-hydrogen) atoms. The summed E-state index contributed by atoms with van der Waals surface area (Å²) >= 11 is -1.20. The fraction of sp³-hybridized carbons (Fsp3) is 0. The van der Waals surface area contributed by atoms with Gasteiger partial charge in [-0.15, -0.1) is 0 Å². The summed E-state index contributed by atoms with van der Waals surface area (Å²) in [5.41, 5.74) is 0. The monoisotopic (exact) mass is 326 g/mol. The Morgan fingerprint density at radius 3 is 1.00 bits per heavy atom. The molecule has 0 aromatic rings. The molecule has 0 saturated carbocycles. The van der Waals surface area contributed by atoms with Crippen LogP contribution < -0.4 is 0 Å². The van der Waals surface area contributed by atoms with Gasteiger partial charge >= 0.3 is 51.8 Å². The van der Waals surface area contributed by atoms with E-state index in [0.29, 0.717) is 0 Å². The van der Waals surface area contributed by atoms with Crippen molar-refractivity contribution < 1.29 is 19.4 Å². The van der Waals surface area contributed by atoms with Crippen LogP contribution in [0.2, 0.25) is 0 Å². The molecule has 0 N–H and O–H groups in total. The molecule has 0 aliphatic carbocycles. The molecule has 0 spiro atoms. The van der Waals surface area contributed by atoms with E-state index >= 15 is 0 Å². The summed E-state index contributed by atoms with van der Waals surface area (Å²) in [5, 5.41) is 0. The van der Waals surface area contributed by atoms with Crippen LogP contribution in [0.25, 0.3) is 0 Å². The van der Waals surface area contributed by atoms with Crippen molar-refractivity contribution in [3.8, 4) is 0 Å². The topological polar surface area (TPSA) is 0 Å². The standard InChI is InChI=1S/3BrH.Y/h3*1H;/q;;;+3/p-3. The van der Waals surface area contributed by atoms with Gasteiger partial charge in [0, 0.05) is 0 Å². The molecule has 0 aliphatic rings. The average Bonchev–Trinajstić information content (AvgIpc) is 0.811. The molecule has 0 aromatic carbocycles. The Bertz CT molecular complexity index is 8.00. The molecule has 0 atom stereocenters. The Kier molecular flexibility index (Phi) is 6.09. The van der Waals surface area contributed by atoms with Crippen LogP contribution in [0.15, 0.2) is 0 Å². The molecule has 4 heteroatoms. The molecule has 0 heterocycles. The second-order valence-corrected chi connectivity index (χ2v) is 39.5. The second-order valence-electron chi connectivity index (χ2n) is 0.247. The van der Waals surface area contributed by atoms with Crippen molar-refractivity contribution in [3.05, 3.63) is 0 Å². The number of rotatable bonds is 0. The van der Waals surface area contributed by atoms with E-state index in [1.807, 2.05) is 0 Å². The Morgan fingerprint density at radius 1 is 1.00 bits per heavy atom. The Hall–Kier alpha value is 2.54. The van der Waals surface area contributed by atoms with Gasteiger partial charge in [-0.25, -0.2) is 0 Å². The van der Waals surface area contributed by atoms with E-state index in [4.69, 9.17) is 0 Å². The molecule has 0 bridgehead atoms. The minimum atomic E-state index is -1.20. The zero-order valence-corrected chi connectivity index (χ0v) is 9.31. The van der Waals surface area contributed by atoms with Crippen LogP contribution in [0.1, 0.15) is 0 Å². The predicted molar refractivity (Wildman–Crippen MR) is 26.8 cm³/mol. The average molecular weight is 329 g/mol. The first-order valence-corrected chi connectivity index (χ1v) is 20.1. The fourth-order valence-corrected chi connectivity index (χ4v) is 0. The van der Waals surface area contributed by atoms with Crippen molar-refractivity contribution in [2.45, 2.75) is 0 Å². The van der Waals surface area contributed by atoms with Crippen LogP contribution >= 0.6 is 32.4 Å². The van der Waals surface area contributed by atoms with Crippen LogP contribution in [0, 0.1) is 0 Å². The molecular weight excluding hydrogens is 329 g/mol. The SMILES string of the molecule is [Br][Y]([Br])[Br]. The molecule has 0 amide bonds. The first-order valence-electron chi connectivity index (χ1n) is 0.655. The normalized spacial score (nSPS) is 6.75. The summed E-state index contributed by atoms with van der Waals surface area (Å²) in [6.07, 6.45) is 0. The zero-order valence-electron chi connectivity index (χ0n) is 1.71. The van der Waals surface area contributed by atoms with Crippen molar-refractivity contribution in [1.29, 1.82) is 0 Å². The third-order valence-corrected chi connectivity index (χ3v) is 0. The van der Waals surface area contributed by atoms with Crippen LogP contribution in [-0.2, 0) is 19.4 Å². The summed E-state index contributed by atoms with van der Waals surface area (Å²) in [5.74, 6) is 0. The molecule has 0 unspecified atom stereocenters. The third kappa shape index (κ3) is 8.82. The van der Waals surface area contributed by atoms with Gasteiger partial charge in [0.2, 0.25) is 0 Å². The molecule has 24 valence electrons. The molecule has 0 nitrogen and oxygen atoms in total. The maximum atomic E-state index is 3.31. The van der Waals surface area contributed by atoms with Crippen LogP contribution in [-0.4, -0.2) is 0 Å². The summed E-state index contributed by atoms with van der Waals surface area (Å²) in [6.45, 7) is 0. The molecule has 0 aromatic heterocycles. The number of hydrogen-bond donors (Lipinski definition) is 0. The summed E-state index contributed by atoms with van der Waals surface area (Å²) < 4.78 is 0. The molecule has 0 aliphatic heterocycles. The van der Waals surface area contributed by atoms with Crippen LogP contribution in [0.5, 0.6) is 0 Å². The minimum absolute atomic E-state index is 1.20. The van der Waals surface area contributed by atoms with E-state index in [-0.39, 0.29) is 0 Å². The van der Waals surface area contributed by atoms with Crippen molar-refractivity contribution in [2.75, 3.05) is 0 Å². The van der Waals surface area contributed by atoms with Gasteiger partial charge in [-0.3, -0.25) is 0 Å². The summed E-state index contributed by atoms with van der Waals surface area (Å²) in [4.78, 5) is 0. The van der Waals surface area contributed by atoms with Gasteiger partial charge in [0.25, 0.3) is 0 Å². The van der Waals surface area contributed by atoms with E-state index in [1.54, 1.807) is 0 Å². The van der Waals surface area contributed by atoms with Crippen molar-refractivity contribution >= 4 is 32.4 Å². The van der Waals surface area contributed by atoms with Crippen molar-refractivity contribution in [1.82, 2.24) is 0 Å². The molecule has 0 fully saturated rings.